The van der Waals surface area contributed by atoms with E-state index in [1.165, 1.54) is 7.11 Å². The number of oxime groups is 1. The highest BCUT2D eigenvalue weighted by Crippen LogP contribution is 2.27. The van der Waals surface area contributed by atoms with Crippen LogP contribution < -0.4 is 0 Å². The van der Waals surface area contributed by atoms with Gasteiger partial charge in [-0.1, -0.05) is 12.1 Å². The Hall–Kier alpha value is -1.06. The van der Waals surface area contributed by atoms with Crippen LogP contribution in [-0.4, -0.2) is 23.9 Å². The molecule has 2 unspecified atom stereocenters. The predicted octanol–water partition coefficient (Wildman–Crippen LogP) is 1.51. The summed E-state index contributed by atoms with van der Waals surface area (Å²) in [5, 5.41) is 12.7. The fourth-order valence-corrected chi connectivity index (χ4v) is 1.73. The van der Waals surface area contributed by atoms with Crippen molar-refractivity contribution in [1.29, 1.82) is 0 Å². The minimum absolute atomic E-state index is 0.203. The third-order valence-electron chi connectivity index (χ3n) is 2.51. The van der Waals surface area contributed by atoms with Crippen LogP contribution >= 0.6 is 0 Å². The number of hydrogen-bond donors (Lipinski definition) is 1. The third kappa shape index (κ3) is 2.44. The summed E-state index contributed by atoms with van der Waals surface area (Å²) in [6, 6.07) is 0. The summed E-state index contributed by atoms with van der Waals surface area (Å²) in [4.78, 5) is 15.4. The van der Waals surface area contributed by atoms with E-state index in [9.17, 15) is 4.79 Å². The molecule has 1 aliphatic rings. The monoisotopic (exact) mass is 185 g/mol. The molecule has 0 aliphatic heterocycles. The minimum Gasteiger partial charge on any atom is -0.481 e. The van der Waals surface area contributed by atoms with Gasteiger partial charge in [-0.15, -0.1) is 0 Å². The van der Waals surface area contributed by atoms with E-state index in [2.05, 4.69) is 9.99 Å². The van der Waals surface area contributed by atoms with Crippen molar-refractivity contribution >= 4 is 11.7 Å². The first-order valence-corrected chi connectivity index (χ1v) is 4.48. The minimum atomic E-state index is -0.691. The van der Waals surface area contributed by atoms with Crippen molar-refractivity contribution in [3.63, 3.8) is 0 Å². The second-order valence-electron chi connectivity index (χ2n) is 3.48. The topological polar surface area (TPSA) is 58.9 Å². The molecular weight excluding hydrogens is 170 g/mol. The Morgan fingerprint density at radius 2 is 2.38 bits per heavy atom. The summed E-state index contributed by atoms with van der Waals surface area (Å²) in [7, 11) is 1.52. The van der Waals surface area contributed by atoms with Gasteiger partial charge >= 0.3 is 5.97 Å². The molecule has 1 saturated carbocycles. The summed E-state index contributed by atoms with van der Waals surface area (Å²) >= 11 is 0. The summed E-state index contributed by atoms with van der Waals surface area (Å²) in [6.07, 6.45) is 2.10. The van der Waals surface area contributed by atoms with E-state index in [1.807, 2.05) is 6.92 Å². The lowest BCUT2D eigenvalue weighted by atomic mass is 9.81. The molecule has 0 amide bonds. The Bertz CT molecular complexity index is 225. The number of aliphatic carboxylic acids is 1. The first-order chi connectivity index (χ1) is 6.15. The van der Waals surface area contributed by atoms with E-state index < -0.39 is 5.97 Å². The summed E-state index contributed by atoms with van der Waals surface area (Å²) in [5.41, 5.74) is 0.986. The van der Waals surface area contributed by atoms with E-state index in [0.717, 1.165) is 12.1 Å². The van der Waals surface area contributed by atoms with Gasteiger partial charge < -0.3 is 9.94 Å². The number of nitrogens with zero attached hydrogens (tertiary/aromatic N) is 1. The molecule has 0 aromatic carbocycles. The number of rotatable bonds is 2. The van der Waals surface area contributed by atoms with Gasteiger partial charge in [0.2, 0.25) is 0 Å². The fourth-order valence-electron chi connectivity index (χ4n) is 1.73. The summed E-state index contributed by atoms with van der Waals surface area (Å²) in [5.74, 6) is -0.663. The maximum Gasteiger partial charge on any atom is 0.306 e. The van der Waals surface area contributed by atoms with Gasteiger partial charge in [-0.2, -0.15) is 0 Å². The molecule has 0 aromatic heterocycles. The molecule has 0 heterocycles. The maximum absolute atomic E-state index is 10.7. The quantitative estimate of drug-likeness (QED) is 0.663. The molecule has 4 nitrogen and oxygen atoms in total. The lowest BCUT2D eigenvalue weighted by molar-refractivity contribution is -0.142. The van der Waals surface area contributed by atoms with Crippen molar-refractivity contribution in [3.8, 4) is 0 Å². The number of carboxylic acid groups (broad SMARTS) is 1. The van der Waals surface area contributed by atoms with E-state index in [-0.39, 0.29) is 11.8 Å². The van der Waals surface area contributed by atoms with E-state index in [1.54, 1.807) is 0 Å². The van der Waals surface area contributed by atoms with Crippen LogP contribution in [0.1, 0.15) is 26.2 Å². The highest BCUT2D eigenvalue weighted by atomic mass is 16.6. The molecule has 74 valence electrons. The van der Waals surface area contributed by atoms with Crippen molar-refractivity contribution in [1.82, 2.24) is 0 Å². The van der Waals surface area contributed by atoms with Gasteiger partial charge in [0.15, 0.2) is 0 Å². The Morgan fingerprint density at radius 1 is 1.69 bits per heavy atom. The Balaban J connectivity index is 2.56. The van der Waals surface area contributed by atoms with Crippen LogP contribution in [-0.2, 0) is 9.63 Å². The SMILES string of the molecule is CO/N=C1\CCC(C(=O)O)CC1C. The molecule has 0 saturated heterocycles. The molecular formula is C9H15NO3. The van der Waals surface area contributed by atoms with E-state index >= 15 is 0 Å². The Labute approximate surface area is 77.6 Å². The average molecular weight is 185 g/mol. The molecule has 2 atom stereocenters. The van der Waals surface area contributed by atoms with Crippen LogP contribution in [0.25, 0.3) is 0 Å². The van der Waals surface area contributed by atoms with Gasteiger partial charge in [-0.3, -0.25) is 4.79 Å². The lowest BCUT2D eigenvalue weighted by Crippen LogP contribution is -2.27. The van der Waals surface area contributed by atoms with Crippen LogP contribution in [0.4, 0.5) is 0 Å². The van der Waals surface area contributed by atoms with Crippen molar-refractivity contribution in [2.75, 3.05) is 7.11 Å². The second kappa shape index (κ2) is 4.25. The maximum atomic E-state index is 10.7. The molecule has 4 heteroatoms. The van der Waals surface area contributed by atoms with Crippen LogP contribution in [0.3, 0.4) is 0 Å². The van der Waals surface area contributed by atoms with Crippen molar-refractivity contribution in [3.05, 3.63) is 0 Å². The first kappa shape index (κ1) is 10.0. The second-order valence-corrected chi connectivity index (χ2v) is 3.48. The largest absolute Gasteiger partial charge is 0.481 e. The lowest BCUT2D eigenvalue weighted by Gasteiger charge is -2.24. The number of carbonyl (C=O) groups is 1. The summed E-state index contributed by atoms with van der Waals surface area (Å²) in [6.45, 7) is 1.99. The first-order valence-electron chi connectivity index (χ1n) is 4.48. The van der Waals surface area contributed by atoms with Gasteiger partial charge in [-0.05, 0) is 25.2 Å². The van der Waals surface area contributed by atoms with Crippen LogP contribution in [0.5, 0.6) is 0 Å². The molecule has 1 rings (SSSR count). The molecule has 13 heavy (non-hydrogen) atoms. The van der Waals surface area contributed by atoms with Gasteiger partial charge in [0.25, 0.3) is 0 Å². The molecule has 0 bridgehead atoms. The molecule has 0 aromatic rings. The smallest absolute Gasteiger partial charge is 0.306 e. The van der Waals surface area contributed by atoms with Crippen LogP contribution in [0, 0.1) is 11.8 Å². The zero-order valence-corrected chi connectivity index (χ0v) is 7.99. The Morgan fingerprint density at radius 3 is 2.85 bits per heavy atom. The number of hydrogen-bond acceptors (Lipinski definition) is 3. The highest BCUT2D eigenvalue weighted by molar-refractivity contribution is 5.88. The number of carboxylic acids is 1. The van der Waals surface area contributed by atoms with Gasteiger partial charge in [0.1, 0.15) is 7.11 Å². The van der Waals surface area contributed by atoms with Gasteiger partial charge in [0, 0.05) is 0 Å². The third-order valence-corrected chi connectivity index (χ3v) is 2.51. The predicted molar refractivity (Wildman–Crippen MR) is 48.6 cm³/mol. The molecule has 0 spiro atoms. The fraction of sp³-hybridized carbons (Fsp3) is 0.778. The molecule has 1 fully saturated rings. The Kier molecular flexibility index (Phi) is 3.28. The zero-order valence-electron chi connectivity index (χ0n) is 7.99. The molecule has 1 aliphatic carbocycles. The van der Waals surface area contributed by atoms with Crippen molar-refractivity contribution < 1.29 is 14.7 Å². The van der Waals surface area contributed by atoms with Crippen LogP contribution in [0.15, 0.2) is 5.16 Å². The zero-order chi connectivity index (χ0) is 9.84. The van der Waals surface area contributed by atoms with E-state index in [4.69, 9.17) is 5.11 Å². The summed E-state index contributed by atoms with van der Waals surface area (Å²) < 4.78 is 0. The van der Waals surface area contributed by atoms with Gasteiger partial charge in [-0.25, -0.2) is 0 Å². The molecule has 1 N–H and O–H groups in total. The van der Waals surface area contributed by atoms with Crippen molar-refractivity contribution in [2.24, 2.45) is 17.0 Å². The van der Waals surface area contributed by atoms with Crippen molar-refractivity contribution in [2.45, 2.75) is 26.2 Å². The highest BCUT2D eigenvalue weighted by Gasteiger charge is 2.28. The van der Waals surface area contributed by atoms with E-state index in [0.29, 0.717) is 12.8 Å². The normalized spacial score (nSPS) is 31.7. The average Bonchev–Trinajstić information content (AvgIpc) is 2.08. The van der Waals surface area contributed by atoms with Gasteiger partial charge in [0.05, 0.1) is 11.6 Å². The molecule has 0 radical (unpaired) electrons. The van der Waals surface area contributed by atoms with Crippen LogP contribution in [0.2, 0.25) is 0 Å². The standard InChI is InChI=1S/C9H15NO3/c1-6-5-7(9(11)12)3-4-8(6)10-13-2/h6-7H,3-5H2,1-2H3,(H,11,12)/b10-8+.